The average molecular weight is 499 g/mol. The van der Waals surface area contributed by atoms with Crippen LogP contribution in [0.15, 0.2) is 54.6 Å². The Morgan fingerprint density at radius 1 is 1.00 bits per heavy atom. The summed E-state index contributed by atoms with van der Waals surface area (Å²) in [6.07, 6.45) is -1.45. The summed E-state index contributed by atoms with van der Waals surface area (Å²) in [6, 6.07) is 14.8. The van der Waals surface area contributed by atoms with Gasteiger partial charge in [-0.3, -0.25) is 4.31 Å². The summed E-state index contributed by atoms with van der Waals surface area (Å²) in [5.74, 6) is -0.358. The molecular weight excluding hydrogens is 473 g/mol. The van der Waals surface area contributed by atoms with Gasteiger partial charge < -0.3 is 9.64 Å². The Balaban J connectivity index is 1.58. The lowest BCUT2D eigenvalue weighted by Crippen LogP contribution is -2.39. The Morgan fingerprint density at radius 2 is 1.70 bits per heavy atom. The predicted octanol–water partition coefficient (Wildman–Crippen LogP) is 5.62. The number of thiophene rings is 1. The molecule has 1 fully saturated rings. The number of fused-ring (bicyclic) bond motifs is 1. The lowest BCUT2D eigenvalue weighted by atomic mass is 10.1. The minimum Gasteiger partial charge on any atom is -0.406 e. The minimum atomic E-state index is -4.78. The molecule has 1 saturated heterocycles. The van der Waals surface area contributed by atoms with E-state index in [9.17, 15) is 21.6 Å². The van der Waals surface area contributed by atoms with Crippen molar-refractivity contribution in [1.29, 1.82) is 0 Å². The fourth-order valence-electron chi connectivity index (χ4n) is 3.90. The molecule has 0 atom stereocenters. The number of benzene rings is 2. The van der Waals surface area contributed by atoms with Gasteiger partial charge in [0, 0.05) is 11.2 Å². The number of anilines is 1. The summed E-state index contributed by atoms with van der Waals surface area (Å²) in [5, 5.41) is 1.54. The van der Waals surface area contributed by atoms with Gasteiger partial charge in [-0.25, -0.2) is 8.42 Å². The summed E-state index contributed by atoms with van der Waals surface area (Å²) in [7, 11) is -3.67. The quantitative estimate of drug-likeness (QED) is 0.404. The molecule has 2 aromatic carbocycles. The zero-order valence-electron chi connectivity index (χ0n) is 17.9. The van der Waals surface area contributed by atoms with Crippen molar-refractivity contribution in [2.24, 2.45) is 0 Å². The molecule has 0 amide bonds. The molecule has 0 spiro atoms. The van der Waals surface area contributed by atoms with Crippen LogP contribution in [0.5, 0.6) is 5.75 Å². The number of sulfonamides is 1. The maximum atomic E-state index is 13.4. The average Bonchev–Trinajstić information content (AvgIpc) is 3.20. The summed E-state index contributed by atoms with van der Waals surface area (Å²) in [5.41, 5.74) is 0.573. The SMILES string of the molecule is O=S(=O)(CCN1CCCCC1)N(Cc1ccc(OC(F)(F)F)cc1)c1cc2ccccc2s1. The first-order valence-corrected chi connectivity index (χ1v) is 13.2. The molecule has 0 radical (unpaired) electrons. The third kappa shape index (κ3) is 6.39. The number of hydrogen-bond acceptors (Lipinski definition) is 5. The van der Waals surface area contributed by atoms with Gasteiger partial charge in [-0.1, -0.05) is 36.8 Å². The molecule has 1 aliphatic heterocycles. The Hall–Kier alpha value is -2.30. The molecule has 0 aliphatic carbocycles. The molecule has 5 nitrogen and oxygen atoms in total. The lowest BCUT2D eigenvalue weighted by Gasteiger charge is -2.28. The van der Waals surface area contributed by atoms with E-state index in [0.717, 1.165) is 36.0 Å². The number of likely N-dealkylation sites (tertiary alicyclic amines) is 1. The zero-order valence-corrected chi connectivity index (χ0v) is 19.6. The Morgan fingerprint density at radius 3 is 2.36 bits per heavy atom. The highest BCUT2D eigenvalue weighted by Gasteiger charge is 2.31. The van der Waals surface area contributed by atoms with Crippen molar-refractivity contribution in [2.45, 2.75) is 32.2 Å². The smallest absolute Gasteiger partial charge is 0.406 e. The fraction of sp³-hybridized carbons (Fsp3) is 0.391. The first-order valence-electron chi connectivity index (χ1n) is 10.8. The van der Waals surface area contributed by atoms with E-state index < -0.39 is 16.4 Å². The molecule has 0 bridgehead atoms. The maximum Gasteiger partial charge on any atom is 0.573 e. The largest absolute Gasteiger partial charge is 0.573 e. The topological polar surface area (TPSA) is 49.9 Å². The van der Waals surface area contributed by atoms with Crippen LogP contribution in [0.1, 0.15) is 24.8 Å². The van der Waals surface area contributed by atoms with E-state index in [4.69, 9.17) is 0 Å². The van der Waals surface area contributed by atoms with E-state index >= 15 is 0 Å². The van der Waals surface area contributed by atoms with E-state index in [1.807, 2.05) is 30.3 Å². The van der Waals surface area contributed by atoms with Crippen LogP contribution in [0.25, 0.3) is 10.1 Å². The van der Waals surface area contributed by atoms with E-state index in [1.54, 1.807) is 0 Å². The van der Waals surface area contributed by atoms with Crippen LogP contribution in [0.4, 0.5) is 18.2 Å². The van der Waals surface area contributed by atoms with Crippen LogP contribution in [-0.4, -0.2) is 45.1 Å². The van der Waals surface area contributed by atoms with Gasteiger partial charge in [0.1, 0.15) is 10.8 Å². The van der Waals surface area contributed by atoms with Gasteiger partial charge in [0.2, 0.25) is 10.0 Å². The summed E-state index contributed by atoms with van der Waals surface area (Å²) in [6.45, 7) is 2.29. The molecule has 33 heavy (non-hydrogen) atoms. The second-order valence-corrected chi connectivity index (χ2v) is 11.1. The van der Waals surface area contributed by atoms with Gasteiger partial charge in [0.25, 0.3) is 0 Å². The maximum absolute atomic E-state index is 13.4. The summed E-state index contributed by atoms with van der Waals surface area (Å²) in [4.78, 5) is 2.17. The van der Waals surface area contributed by atoms with Gasteiger partial charge in [-0.2, -0.15) is 0 Å². The molecular formula is C23H25F3N2O3S2. The predicted molar refractivity (Wildman–Crippen MR) is 125 cm³/mol. The first-order chi connectivity index (χ1) is 15.7. The third-order valence-corrected chi connectivity index (χ3v) is 8.54. The van der Waals surface area contributed by atoms with Crippen molar-refractivity contribution in [1.82, 2.24) is 4.90 Å². The molecule has 0 saturated carbocycles. The normalized spacial score (nSPS) is 15.6. The monoisotopic (exact) mass is 498 g/mol. The number of nitrogens with zero attached hydrogens (tertiary/aromatic N) is 2. The Bertz CT molecular complexity index is 1140. The summed E-state index contributed by atoms with van der Waals surface area (Å²) < 4.78 is 70.5. The molecule has 1 aromatic heterocycles. The number of rotatable bonds is 8. The molecule has 1 aliphatic rings. The minimum absolute atomic E-state index is 0.0173. The van der Waals surface area contributed by atoms with E-state index in [2.05, 4.69) is 9.64 Å². The van der Waals surface area contributed by atoms with E-state index in [-0.39, 0.29) is 18.0 Å². The van der Waals surface area contributed by atoms with Gasteiger partial charge in [0.15, 0.2) is 0 Å². The van der Waals surface area contributed by atoms with Gasteiger partial charge >= 0.3 is 6.36 Å². The molecule has 178 valence electrons. The van der Waals surface area contributed by atoms with Crippen molar-refractivity contribution in [3.63, 3.8) is 0 Å². The van der Waals surface area contributed by atoms with Crippen molar-refractivity contribution in [3.8, 4) is 5.75 Å². The molecule has 4 rings (SSSR count). The van der Waals surface area contributed by atoms with Crippen LogP contribution in [0, 0.1) is 0 Å². The summed E-state index contributed by atoms with van der Waals surface area (Å²) >= 11 is 1.38. The van der Waals surface area contributed by atoms with Crippen LogP contribution < -0.4 is 9.04 Å². The third-order valence-electron chi connectivity index (χ3n) is 5.59. The number of alkyl halides is 3. The molecule has 0 unspecified atom stereocenters. The van der Waals surface area contributed by atoms with Gasteiger partial charge in [0.05, 0.1) is 12.3 Å². The van der Waals surface area contributed by atoms with E-state index in [1.165, 1.54) is 46.3 Å². The van der Waals surface area contributed by atoms with E-state index in [0.29, 0.717) is 17.1 Å². The lowest BCUT2D eigenvalue weighted by molar-refractivity contribution is -0.274. The Labute approximate surface area is 195 Å². The molecule has 10 heteroatoms. The number of ether oxygens (including phenoxy) is 1. The second kappa shape index (κ2) is 9.90. The number of hydrogen-bond donors (Lipinski definition) is 0. The van der Waals surface area contributed by atoms with Crippen LogP contribution >= 0.6 is 11.3 Å². The van der Waals surface area contributed by atoms with Gasteiger partial charge in [-0.05, 0) is 61.1 Å². The Kier molecular flexibility index (Phi) is 7.16. The van der Waals surface area contributed by atoms with Crippen LogP contribution in [-0.2, 0) is 16.6 Å². The first kappa shape index (κ1) is 23.8. The van der Waals surface area contributed by atoms with Crippen molar-refractivity contribution < 1.29 is 26.3 Å². The van der Waals surface area contributed by atoms with Crippen molar-refractivity contribution in [2.75, 3.05) is 29.7 Å². The highest BCUT2D eigenvalue weighted by molar-refractivity contribution is 7.93. The van der Waals surface area contributed by atoms with Gasteiger partial charge in [-0.15, -0.1) is 24.5 Å². The zero-order chi connectivity index (χ0) is 23.5. The molecule has 3 aromatic rings. The highest BCUT2D eigenvalue weighted by Crippen LogP contribution is 2.35. The van der Waals surface area contributed by atoms with Crippen molar-refractivity contribution in [3.05, 3.63) is 60.2 Å². The molecule has 0 N–H and O–H groups in total. The standard InChI is InChI=1S/C23H25F3N2O3S2/c24-23(25,26)31-20-10-8-18(9-11-20)17-28(22-16-19-6-2-3-7-21(19)32-22)33(29,30)15-14-27-12-4-1-5-13-27/h2-3,6-11,16H,1,4-5,12-15,17H2. The molecule has 2 heterocycles. The van der Waals surface area contributed by atoms with Crippen LogP contribution in [0.3, 0.4) is 0 Å². The fourth-order valence-corrected chi connectivity index (χ4v) is 6.71. The highest BCUT2D eigenvalue weighted by atomic mass is 32.2. The van der Waals surface area contributed by atoms with Crippen LogP contribution in [0.2, 0.25) is 0 Å². The second-order valence-electron chi connectivity index (χ2n) is 8.04. The number of halogens is 3. The van der Waals surface area contributed by atoms with Crippen molar-refractivity contribution >= 4 is 36.4 Å². The number of piperidine rings is 1.